The summed E-state index contributed by atoms with van der Waals surface area (Å²) >= 11 is 3.13. The Bertz CT molecular complexity index is 408. The fraction of sp³-hybridized carbons (Fsp3) is 0.538. The van der Waals surface area contributed by atoms with E-state index in [1.807, 2.05) is 0 Å². The van der Waals surface area contributed by atoms with Crippen LogP contribution in [0.15, 0.2) is 16.6 Å². The number of nitrogens with two attached hydrogens (primary N) is 1. The second kappa shape index (κ2) is 6.38. The number of nitrogen functional groups attached to an aromatic ring is 1. The molecule has 5 heteroatoms. The lowest BCUT2D eigenvalue weighted by molar-refractivity contribution is 0.183. The Morgan fingerprint density at radius 3 is 2.72 bits per heavy atom. The minimum absolute atomic E-state index is 0.342. The Hall–Kier alpha value is -0.810. The molecule has 0 radical (unpaired) electrons. The van der Waals surface area contributed by atoms with Gasteiger partial charge in [-0.05, 0) is 47.9 Å². The molecule has 2 N–H and O–H groups in total. The molecule has 18 heavy (non-hydrogen) atoms. The summed E-state index contributed by atoms with van der Waals surface area (Å²) in [7, 11) is 0. The van der Waals surface area contributed by atoms with Gasteiger partial charge >= 0.3 is 0 Å². The second-order valence-corrected chi connectivity index (χ2v) is 5.41. The van der Waals surface area contributed by atoms with Crippen molar-refractivity contribution in [2.24, 2.45) is 0 Å². The number of nitrogens with zero attached hydrogens (tertiary/aromatic N) is 1. The van der Waals surface area contributed by atoms with Gasteiger partial charge in [0.2, 0.25) is 0 Å². The van der Waals surface area contributed by atoms with E-state index in [1.165, 1.54) is 25.3 Å². The van der Waals surface area contributed by atoms with E-state index in [9.17, 15) is 4.39 Å². The van der Waals surface area contributed by atoms with Crippen LogP contribution in [-0.2, 0) is 0 Å². The monoisotopic (exact) mass is 316 g/mol. The van der Waals surface area contributed by atoms with E-state index in [4.69, 9.17) is 10.5 Å². The number of hydrogen-bond donors (Lipinski definition) is 1. The normalized spacial score (nSPS) is 16.8. The first-order valence-corrected chi connectivity index (χ1v) is 7.06. The molecule has 0 spiro atoms. The zero-order valence-electron chi connectivity index (χ0n) is 10.3. The minimum atomic E-state index is -0.365. The quantitative estimate of drug-likeness (QED) is 0.868. The fourth-order valence-corrected chi connectivity index (χ4v) is 2.46. The molecule has 1 aromatic rings. The zero-order chi connectivity index (χ0) is 13.0. The molecule has 0 unspecified atom stereocenters. The van der Waals surface area contributed by atoms with E-state index in [0.717, 1.165) is 19.6 Å². The van der Waals surface area contributed by atoms with Crippen molar-refractivity contribution in [1.82, 2.24) is 4.90 Å². The van der Waals surface area contributed by atoms with Gasteiger partial charge in [-0.3, -0.25) is 4.90 Å². The molecule has 1 saturated heterocycles. The Morgan fingerprint density at radius 1 is 1.28 bits per heavy atom. The van der Waals surface area contributed by atoms with Crippen LogP contribution in [0.1, 0.15) is 19.3 Å². The number of halogens is 2. The number of benzene rings is 1. The van der Waals surface area contributed by atoms with E-state index in [1.54, 1.807) is 6.07 Å². The lowest BCUT2D eigenvalue weighted by Crippen LogP contribution is -2.33. The van der Waals surface area contributed by atoms with Crippen molar-refractivity contribution in [3.63, 3.8) is 0 Å². The van der Waals surface area contributed by atoms with Crippen LogP contribution < -0.4 is 10.5 Å². The SMILES string of the molecule is Nc1cc(F)c(Br)cc1OCCN1CCCCC1. The molecule has 0 aliphatic carbocycles. The van der Waals surface area contributed by atoms with Gasteiger partial charge in [-0.15, -0.1) is 0 Å². The van der Waals surface area contributed by atoms with Crippen molar-refractivity contribution in [2.45, 2.75) is 19.3 Å². The highest BCUT2D eigenvalue weighted by Crippen LogP contribution is 2.28. The molecule has 0 aromatic heterocycles. The summed E-state index contributed by atoms with van der Waals surface area (Å²) in [6.07, 6.45) is 3.86. The van der Waals surface area contributed by atoms with Gasteiger partial charge in [0, 0.05) is 12.6 Å². The van der Waals surface area contributed by atoms with Crippen LogP contribution in [0.2, 0.25) is 0 Å². The predicted octanol–water partition coefficient (Wildman–Crippen LogP) is 3.04. The summed E-state index contributed by atoms with van der Waals surface area (Å²) in [5.74, 6) is 0.177. The summed E-state index contributed by atoms with van der Waals surface area (Å²) < 4.78 is 19.2. The van der Waals surface area contributed by atoms with Gasteiger partial charge in [0.15, 0.2) is 0 Å². The summed E-state index contributed by atoms with van der Waals surface area (Å²) in [5, 5.41) is 0. The van der Waals surface area contributed by atoms with Crippen LogP contribution in [0.3, 0.4) is 0 Å². The molecule has 1 aliphatic heterocycles. The maximum Gasteiger partial charge on any atom is 0.143 e. The summed E-state index contributed by atoms with van der Waals surface area (Å²) in [6.45, 7) is 3.77. The minimum Gasteiger partial charge on any atom is -0.490 e. The van der Waals surface area contributed by atoms with Crippen molar-refractivity contribution in [3.05, 3.63) is 22.4 Å². The molecule has 1 fully saturated rings. The van der Waals surface area contributed by atoms with Crippen LogP contribution in [0, 0.1) is 5.82 Å². The zero-order valence-corrected chi connectivity index (χ0v) is 11.9. The number of rotatable bonds is 4. The molecule has 0 amide bonds. The average molecular weight is 317 g/mol. The molecule has 0 bridgehead atoms. The summed E-state index contributed by atoms with van der Waals surface area (Å²) in [4.78, 5) is 2.39. The molecule has 1 heterocycles. The van der Waals surface area contributed by atoms with Crippen LogP contribution in [0.25, 0.3) is 0 Å². The van der Waals surface area contributed by atoms with Gasteiger partial charge in [-0.25, -0.2) is 4.39 Å². The van der Waals surface area contributed by atoms with Gasteiger partial charge in [-0.2, -0.15) is 0 Å². The maximum atomic E-state index is 13.2. The van der Waals surface area contributed by atoms with Gasteiger partial charge in [0.05, 0.1) is 10.2 Å². The number of hydrogen-bond acceptors (Lipinski definition) is 3. The molecule has 0 atom stereocenters. The Labute approximate surface area is 115 Å². The highest BCUT2D eigenvalue weighted by Gasteiger charge is 2.11. The van der Waals surface area contributed by atoms with Crippen molar-refractivity contribution < 1.29 is 9.13 Å². The Balaban J connectivity index is 1.84. The third-order valence-corrected chi connectivity index (χ3v) is 3.77. The van der Waals surface area contributed by atoms with E-state index in [2.05, 4.69) is 20.8 Å². The smallest absolute Gasteiger partial charge is 0.143 e. The predicted molar refractivity (Wildman–Crippen MR) is 74.3 cm³/mol. The number of piperidine rings is 1. The number of ether oxygens (including phenoxy) is 1. The molecule has 0 saturated carbocycles. The van der Waals surface area contributed by atoms with E-state index < -0.39 is 0 Å². The van der Waals surface area contributed by atoms with Gasteiger partial charge < -0.3 is 10.5 Å². The largest absolute Gasteiger partial charge is 0.490 e. The Morgan fingerprint density at radius 2 is 2.00 bits per heavy atom. The summed E-state index contributed by atoms with van der Waals surface area (Å²) in [6, 6.07) is 2.86. The first-order valence-electron chi connectivity index (χ1n) is 6.26. The first-order chi connectivity index (χ1) is 8.66. The highest BCUT2D eigenvalue weighted by atomic mass is 79.9. The summed E-state index contributed by atoms with van der Waals surface area (Å²) in [5.41, 5.74) is 6.05. The number of likely N-dealkylation sites (tertiary alicyclic amines) is 1. The third-order valence-electron chi connectivity index (χ3n) is 3.17. The van der Waals surface area contributed by atoms with Crippen molar-refractivity contribution in [1.29, 1.82) is 0 Å². The lowest BCUT2D eigenvalue weighted by atomic mass is 10.1. The van der Waals surface area contributed by atoms with Crippen LogP contribution in [0.5, 0.6) is 5.75 Å². The first kappa shape index (κ1) is 13.6. The number of anilines is 1. The topological polar surface area (TPSA) is 38.5 Å². The molecule has 3 nitrogen and oxygen atoms in total. The second-order valence-electron chi connectivity index (χ2n) is 4.55. The van der Waals surface area contributed by atoms with Crippen LogP contribution in [-0.4, -0.2) is 31.1 Å². The van der Waals surface area contributed by atoms with Crippen molar-refractivity contribution in [3.8, 4) is 5.75 Å². The van der Waals surface area contributed by atoms with E-state index >= 15 is 0 Å². The molecule has 100 valence electrons. The van der Waals surface area contributed by atoms with E-state index in [0.29, 0.717) is 22.5 Å². The van der Waals surface area contributed by atoms with E-state index in [-0.39, 0.29) is 5.82 Å². The molecule has 2 rings (SSSR count). The van der Waals surface area contributed by atoms with Gasteiger partial charge in [-0.1, -0.05) is 6.42 Å². The molecular weight excluding hydrogens is 299 g/mol. The molecule has 1 aromatic carbocycles. The van der Waals surface area contributed by atoms with Crippen molar-refractivity contribution >= 4 is 21.6 Å². The molecule has 1 aliphatic rings. The standard InChI is InChI=1S/C13H18BrFN2O/c14-10-8-13(12(16)9-11(10)15)18-7-6-17-4-2-1-3-5-17/h8-9H,1-7,16H2. The third kappa shape index (κ3) is 3.59. The van der Waals surface area contributed by atoms with Gasteiger partial charge in [0.1, 0.15) is 18.2 Å². The van der Waals surface area contributed by atoms with Crippen LogP contribution in [0.4, 0.5) is 10.1 Å². The maximum absolute atomic E-state index is 13.2. The van der Waals surface area contributed by atoms with Crippen LogP contribution >= 0.6 is 15.9 Å². The molecular formula is C13H18BrFN2O. The van der Waals surface area contributed by atoms with Crippen molar-refractivity contribution in [2.75, 3.05) is 32.0 Å². The lowest BCUT2D eigenvalue weighted by Gasteiger charge is -2.26. The fourth-order valence-electron chi connectivity index (χ4n) is 2.14. The highest BCUT2D eigenvalue weighted by molar-refractivity contribution is 9.10. The average Bonchev–Trinajstić information content (AvgIpc) is 2.37. The van der Waals surface area contributed by atoms with Gasteiger partial charge in [0.25, 0.3) is 0 Å². The Kier molecular flexibility index (Phi) is 4.83.